The van der Waals surface area contributed by atoms with Crippen LogP contribution in [0.1, 0.15) is 20.8 Å². The lowest BCUT2D eigenvalue weighted by atomic mass is 10.1. The number of hydrogen-bond acceptors (Lipinski definition) is 3. The van der Waals surface area contributed by atoms with Crippen molar-refractivity contribution in [1.29, 1.82) is 0 Å². The van der Waals surface area contributed by atoms with Gasteiger partial charge < -0.3 is 15.2 Å². The van der Waals surface area contributed by atoms with Gasteiger partial charge in [0.05, 0.1) is 18.8 Å². The summed E-state index contributed by atoms with van der Waals surface area (Å²) < 4.78 is 10.7. The lowest BCUT2D eigenvalue weighted by Gasteiger charge is -2.37. The predicted octanol–water partition coefficient (Wildman–Crippen LogP) is 0.485. The van der Waals surface area contributed by atoms with Gasteiger partial charge in [-0.1, -0.05) is 0 Å². The summed E-state index contributed by atoms with van der Waals surface area (Å²) in [6.45, 7) is 6.36. The number of ether oxygens (including phenoxy) is 2. The van der Waals surface area contributed by atoms with Gasteiger partial charge in [0.25, 0.3) is 0 Å². The van der Waals surface area contributed by atoms with Crippen molar-refractivity contribution in [3.63, 3.8) is 0 Å². The van der Waals surface area contributed by atoms with Crippen LogP contribution < -0.4 is 5.73 Å². The monoisotopic (exact) mass is 145 g/mol. The van der Waals surface area contributed by atoms with E-state index < -0.39 is 5.79 Å². The molecule has 0 aromatic rings. The molecule has 2 atom stereocenters. The highest BCUT2D eigenvalue weighted by molar-refractivity contribution is 4.76. The summed E-state index contributed by atoms with van der Waals surface area (Å²) in [5.41, 5.74) is 5.65. The van der Waals surface area contributed by atoms with Gasteiger partial charge in [0.15, 0.2) is 5.79 Å². The van der Waals surface area contributed by atoms with E-state index in [1.54, 1.807) is 0 Å². The van der Waals surface area contributed by atoms with Gasteiger partial charge in [0.2, 0.25) is 0 Å². The second-order valence-corrected chi connectivity index (χ2v) is 3.20. The molecule has 3 heteroatoms. The topological polar surface area (TPSA) is 44.5 Å². The molecule has 0 saturated carbocycles. The van der Waals surface area contributed by atoms with Crippen LogP contribution in [-0.4, -0.2) is 24.5 Å². The fourth-order valence-corrected chi connectivity index (χ4v) is 1.00. The first kappa shape index (κ1) is 7.98. The maximum absolute atomic E-state index is 5.65. The minimum absolute atomic E-state index is 0.0213. The molecule has 0 bridgehead atoms. The second-order valence-electron chi connectivity index (χ2n) is 3.20. The highest BCUT2D eigenvalue weighted by Crippen LogP contribution is 2.20. The first-order valence-corrected chi connectivity index (χ1v) is 3.58. The molecule has 1 aliphatic rings. The molecular formula is C7H15NO2. The molecule has 1 rings (SSSR count). The third kappa shape index (κ3) is 1.68. The van der Waals surface area contributed by atoms with E-state index in [1.807, 2.05) is 20.8 Å². The summed E-state index contributed by atoms with van der Waals surface area (Å²) in [7, 11) is 0. The highest BCUT2D eigenvalue weighted by atomic mass is 16.7. The molecule has 1 saturated heterocycles. The zero-order valence-electron chi connectivity index (χ0n) is 6.76. The molecule has 0 amide bonds. The summed E-state index contributed by atoms with van der Waals surface area (Å²) in [4.78, 5) is 0. The normalized spacial score (nSPS) is 39.6. The Morgan fingerprint density at radius 2 is 2.10 bits per heavy atom. The van der Waals surface area contributed by atoms with Crippen LogP contribution in [0, 0.1) is 0 Å². The maximum atomic E-state index is 5.65. The maximum Gasteiger partial charge on any atom is 0.163 e. The molecule has 0 unspecified atom stereocenters. The van der Waals surface area contributed by atoms with Crippen molar-refractivity contribution in [1.82, 2.24) is 0 Å². The largest absolute Gasteiger partial charge is 0.349 e. The van der Waals surface area contributed by atoms with Gasteiger partial charge >= 0.3 is 0 Å². The molecule has 1 aliphatic heterocycles. The Balaban J connectivity index is 2.49. The SMILES string of the molecule is C[C@H]1OC(C)(C)OC[C@H]1N. The minimum Gasteiger partial charge on any atom is -0.349 e. The van der Waals surface area contributed by atoms with Gasteiger partial charge in [-0.3, -0.25) is 0 Å². The Hall–Kier alpha value is -0.120. The van der Waals surface area contributed by atoms with Crippen molar-refractivity contribution < 1.29 is 9.47 Å². The first-order chi connectivity index (χ1) is 4.51. The Bertz CT molecular complexity index is 125. The van der Waals surface area contributed by atoms with E-state index in [2.05, 4.69) is 0 Å². The van der Waals surface area contributed by atoms with Crippen LogP contribution in [0.5, 0.6) is 0 Å². The summed E-state index contributed by atoms with van der Waals surface area (Å²) in [6, 6.07) is 0.0213. The average Bonchev–Trinajstić information content (AvgIpc) is 1.79. The standard InChI is InChI=1S/C7H15NO2/c1-5-6(8)4-9-7(2,3)10-5/h5-6H,4,8H2,1-3H3/t5-,6-/m1/s1. The van der Waals surface area contributed by atoms with Gasteiger partial charge in [0.1, 0.15) is 0 Å². The molecule has 1 heterocycles. The van der Waals surface area contributed by atoms with Gasteiger partial charge in [-0.25, -0.2) is 0 Å². The van der Waals surface area contributed by atoms with Crippen molar-refractivity contribution >= 4 is 0 Å². The molecular weight excluding hydrogens is 130 g/mol. The van der Waals surface area contributed by atoms with Gasteiger partial charge in [-0.15, -0.1) is 0 Å². The third-order valence-electron chi connectivity index (χ3n) is 1.70. The molecule has 3 nitrogen and oxygen atoms in total. The lowest BCUT2D eigenvalue weighted by Crippen LogP contribution is -2.51. The fourth-order valence-electron chi connectivity index (χ4n) is 1.00. The molecule has 0 spiro atoms. The molecule has 60 valence electrons. The molecule has 2 N–H and O–H groups in total. The summed E-state index contributed by atoms with van der Waals surface area (Å²) in [6.07, 6.45) is 0.101. The lowest BCUT2D eigenvalue weighted by molar-refractivity contribution is -0.274. The zero-order valence-corrected chi connectivity index (χ0v) is 6.76. The van der Waals surface area contributed by atoms with Crippen molar-refractivity contribution in [2.24, 2.45) is 5.73 Å². The molecule has 0 radical (unpaired) electrons. The summed E-state index contributed by atoms with van der Waals surface area (Å²) in [5, 5.41) is 0. The van der Waals surface area contributed by atoms with E-state index in [-0.39, 0.29) is 12.1 Å². The van der Waals surface area contributed by atoms with Crippen LogP contribution in [0.4, 0.5) is 0 Å². The van der Waals surface area contributed by atoms with Crippen LogP contribution in [-0.2, 0) is 9.47 Å². The average molecular weight is 145 g/mol. The molecule has 0 aliphatic carbocycles. The number of hydrogen-bond donors (Lipinski definition) is 1. The Kier molecular flexibility index (Phi) is 1.99. The fraction of sp³-hybridized carbons (Fsp3) is 1.00. The zero-order chi connectivity index (χ0) is 7.78. The molecule has 10 heavy (non-hydrogen) atoms. The second kappa shape index (κ2) is 2.49. The van der Waals surface area contributed by atoms with Crippen LogP contribution in [0.15, 0.2) is 0 Å². The number of rotatable bonds is 0. The third-order valence-corrected chi connectivity index (χ3v) is 1.70. The van der Waals surface area contributed by atoms with E-state index in [4.69, 9.17) is 15.2 Å². The Morgan fingerprint density at radius 1 is 1.50 bits per heavy atom. The predicted molar refractivity (Wildman–Crippen MR) is 38.6 cm³/mol. The Labute approximate surface area is 61.5 Å². The molecule has 0 aromatic heterocycles. The minimum atomic E-state index is -0.449. The van der Waals surface area contributed by atoms with E-state index in [0.29, 0.717) is 6.61 Å². The van der Waals surface area contributed by atoms with E-state index in [0.717, 1.165) is 0 Å². The van der Waals surface area contributed by atoms with Gasteiger partial charge in [0, 0.05) is 0 Å². The Morgan fingerprint density at radius 3 is 2.50 bits per heavy atom. The smallest absolute Gasteiger partial charge is 0.163 e. The summed E-state index contributed by atoms with van der Waals surface area (Å²) in [5.74, 6) is -0.449. The van der Waals surface area contributed by atoms with E-state index in [9.17, 15) is 0 Å². The van der Waals surface area contributed by atoms with E-state index >= 15 is 0 Å². The van der Waals surface area contributed by atoms with Crippen molar-refractivity contribution in [3.05, 3.63) is 0 Å². The van der Waals surface area contributed by atoms with Crippen LogP contribution >= 0.6 is 0 Å². The van der Waals surface area contributed by atoms with E-state index in [1.165, 1.54) is 0 Å². The van der Waals surface area contributed by atoms with Gasteiger partial charge in [-0.2, -0.15) is 0 Å². The van der Waals surface area contributed by atoms with Crippen molar-refractivity contribution in [2.45, 2.75) is 38.7 Å². The van der Waals surface area contributed by atoms with Crippen LogP contribution in [0.2, 0.25) is 0 Å². The van der Waals surface area contributed by atoms with Crippen molar-refractivity contribution in [3.8, 4) is 0 Å². The summed E-state index contributed by atoms with van der Waals surface area (Å²) >= 11 is 0. The molecule has 0 aromatic carbocycles. The molecule has 1 fully saturated rings. The van der Waals surface area contributed by atoms with Crippen LogP contribution in [0.3, 0.4) is 0 Å². The van der Waals surface area contributed by atoms with Crippen molar-refractivity contribution in [2.75, 3.05) is 6.61 Å². The first-order valence-electron chi connectivity index (χ1n) is 3.58. The van der Waals surface area contributed by atoms with Crippen LogP contribution in [0.25, 0.3) is 0 Å². The van der Waals surface area contributed by atoms with Gasteiger partial charge in [-0.05, 0) is 20.8 Å². The highest BCUT2D eigenvalue weighted by Gasteiger charge is 2.31. The number of nitrogens with two attached hydrogens (primary N) is 1. The quantitative estimate of drug-likeness (QED) is 0.539.